The largest absolute Gasteiger partial charge is 0.480 e. The van der Waals surface area contributed by atoms with Gasteiger partial charge in [0.05, 0.1) is 11.3 Å². The van der Waals surface area contributed by atoms with Gasteiger partial charge in [-0.1, -0.05) is 60.7 Å². The van der Waals surface area contributed by atoms with Gasteiger partial charge in [-0.25, -0.2) is 22.0 Å². The molecule has 3 aromatic carbocycles. The van der Waals surface area contributed by atoms with Crippen molar-refractivity contribution >= 4 is 17.7 Å². The van der Waals surface area contributed by atoms with Crippen LogP contribution in [0.15, 0.2) is 72.9 Å². The Kier molecular flexibility index (Phi) is 7.12. The van der Waals surface area contributed by atoms with Gasteiger partial charge in [0.25, 0.3) is 0 Å². The van der Waals surface area contributed by atoms with Gasteiger partial charge < -0.3 is 5.11 Å². The van der Waals surface area contributed by atoms with Crippen LogP contribution in [0.5, 0.6) is 0 Å². The summed E-state index contributed by atoms with van der Waals surface area (Å²) in [7, 11) is 0. The summed E-state index contributed by atoms with van der Waals surface area (Å²) in [5.74, 6) is -13.0. The number of hydrogen-bond acceptors (Lipinski definition) is 3. The zero-order valence-electron chi connectivity index (χ0n) is 18.7. The Balaban J connectivity index is 1.84. The van der Waals surface area contributed by atoms with Crippen molar-refractivity contribution < 1.29 is 31.9 Å². The molecular weight excluding hydrogens is 497 g/mol. The first-order valence-electron chi connectivity index (χ1n) is 10.6. The van der Waals surface area contributed by atoms with Crippen LogP contribution in [0.1, 0.15) is 18.1 Å². The number of thioether (sulfide) groups is 1. The smallest absolute Gasteiger partial charge is 0.324 e. The van der Waals surface area contributed by atoms with Crippen LogP contribution in [-0.4, -0.2) is 16.1 Å². The fourth-order valence-electron chi connectivity index (χ4n) is 3.85. The van der Waals surface area contributed by atoms with Gasteiger partial charge in [-0.15, -0.1) is 11.8 Å². The first-order valence-corrected chi connectivity index (χ1v) is 11.6. The van der Waals surface area contributed by atoms with Gasteiger partial charge in [-0.05, 0) is 24.1 Å². The van der Waals surface area contributed by atoms with Crippen molar-refractivity contribution in [2.45, 2.75) is 17.4 Å². The van der Waals surface area contributed by atoms with Crippen molar-refractivity contribution in [2.24, 2.45) is 0 Å². The lowest BCUT2D eigenvalue weighted by Gasteiger charge is -2.27. The summed E-state index contributed by atoms with van der Waals surface area (Å²) in [6, 6.07) is 19.9. The lowest BCUT2D eigenvalue weighted by atomic mass is 9.95. The highest BCUT2D eigenvalue weighted by Gasteiger charge is 2.44. The third kappa shape index (κ3) is 4.46. The Morgan fingerprint density at radius 2 is 1.31 bits per heavy atom. The number of aromatic nitrogens is 1. The van der Waals surface area contributed by atoms with Crippen LogP contribution >= 0.6 is 11.8 Å². The van der Waals surface area contributed by atoms with Crippen LogP contribution < -0.4 is 0 Å². The minimum Gasteiger partial charge on any atom is -0.480 e. The van der Waals surface area contributed by atoms with E-state index in [4.69, 9.17) is 0 Å². The van der Waals surface area contributed by atoms with E-state index in [1.165, 1.54) is 6.20 Å². The highest BCUT2D eigenvalue weighted by atomic mass is 32.2. The summed E-state index contributed by atoms with van der Waals surface area (Å²) in [5, 5.41) is 9.88. The predicted octanol–water partition coefficient (Wildman–Crippen LogP) is 7.34. The van der Waals surface area contributed by atoms with E-state index < -0.39 is 45.4 Å². The first kappa shape index (κ1) is 25.4. The second kappa shape index (κ2) is 10.1. The van der Waals surface area contributed by atoms with Crippen molar-refractivity contribution in [3.05, 3.63) is 113 Å². The van der Waals surface area contributed by atoms with Crippen LogP contribution in [0.2, 0.25) is 0 Å². The number of carboxylic acids is 1. The van der Waals surface area contributed by atoms with Crippen molar-refractivity contribution in [2.75, 3.05) is 0 Å². The third-order valence-corrected chi connectivity index (χ3v) is 7.17. The van der Waals surface area contributed by atoms with Gasteiger partial charge in [-0.2, -0.15) is 0 Å². The second-order valence-electron chi connectivity index (χ2n) is 8.00. The molecule has 0 radical (unpaired) electrons. The van der Waals surface area contributed by atoms with Gasteiger partial charge in [0.1, 0.15) is 4.75 Å². The Labute approximate surface area is 207 Å². The molecule has 4 rings (SSSR count). The number of pyridine rings is 1. The first-order chi connectivity index (χ1) is 17.2. The summed E-state index contributed by atoms with van der Waals surface area (Å²) < 4.78 is 68.1. The van der Waals surface area contributed by atoms with Crippen molar-refractivity contribution in [1.29, 1.82) is 0 Å². The molecule has 0 aliphatic rings. The van der Waals surface area contributed by atoms with E-state index in [-0.39, 0.29) is 5.75 Å². The highest BCUT2D eigenvalue weighted by molar-refractivity contribution is 8.00. The third-order valence-electron chi connectivity index (χ3n) is 5.76. The Morgan fingerprint density at radius 3 is 1.83 bits per heavy atom. The van der Waals surface area contributed by atoms with Crippen LogP contribution in [0, 0.1) is 29.1 Å². The van der Waals surface area contributed by atoms with E-state index in [9.17, 15) is 31.9 Å². The van der Waals surface area contributed by atoms with E-state index in [0.717, 1.165) is 18.1 Å². The molecule has 36 heavy (non-hydrogen) atoms. The molecule has 1 atom stereocenters. The molecule has 0 amide bonds. The molecule has 0 bridgehead atoms. The average molecular weight is 516 g/mol. The fourth-order valence-corrected chi connectivity index (χ4v) is 4.98. The maximum atomic E-state index is 14.6. The normalized spacial score (nSPS) is 12.8. The van der Waals surface area contributed by atoms with Gasteiger partial charge in [0, 0.05) is 23.1 Å². The molecule has 0 fully saturated rings. The predicted molar refractivity (Wildman–Crippen MR) is 128 cm³/mol. The van der Waals surface area contributed by atoms with Gasteiger partial charge in [-0.3, -0.25) is 9.78 Å². The average Bonchev–Trinajstić information content (AvgIpc) is 2.90. The second-order valence-corrected chi connectivity index (χ2v) is 9.39. The summed E-state index contributed by atoms with van der Waals surface area (Å²) >= 11 is 0.539. The van der Waals surface area contributed by atoms with Gasteiger partial charge >= 0.3 is 5.97 Å². The lowest BCUT2D eigenvalue weighted by Crippen LogP contribution is -2.32. The summed E-state index contributed by atoms with van der Waals surface area (Å²) in [6.45, 7) is 0.916. The molecule has 1 aromatic heterocycles. The van der Waals surface area contributed by atoms with Crippen LogP contribution in [-0.2, 0) is 15.3 Å². The minimum atomic E-state index is -2.49. The Bertz CT molecular complexity index is 1400. The monoisotopic (exact) mass is 515 g/mol. The standard InChI is InChI=1S/C27H18F5NO2S/c1-27(26(34)35,19-20(28)22(30)24(32)23(31)21(19)29)36-14-17-12-13-33-25(16-10-6-3-7-11-16)18(17)15-8-4-2-5-9-15/h2-13H,14H2,1H3,(H,34,35). The number of carbonyl (C=O) groups is 1. The van der Waals surface area contributed by atoms with Crippen LogP contribution in [0.25, 0.3) is 22.4 Å². The SMILES string of the molecule is CC(SCc1ccnc(-c2ccccc2)c1-c1ccccc1)(C(=O)O)c1c(F)c(F)c(F)c(F)c1F. The maximum absolute atomic E-state index is 14.6. The molecule has 1 unspecified atom stereocenters. The molecule has 184 valence electrons. The molecule has 1 N–H and O–H groups in total. The number of carboxylic acid groups (broad SMARTS) is 1. The maximum Gasteiger partial charge on any atom is 0.324 e. The number of aliphatic carboxylic acids is 1. The number of rotatable bonds is 7. The minimum absolute atomic E-state index is 0.130. The zero-order chi connectivity index (χ0) is 26.0. The number of halogens is 5. The molecular formula is C27H18F5NO2S. The van der Waals surface area contributed by atoms with E-state index in [0.29, 0.717) is 28.6 Å². The summed E-state index contributed by atoms with van der Waals surface area (Å²) in [5.41, 5.74) is 1.94. The van der Waals surface area contributed by atoms with Crippen molar-refractivity contribution in [3.63, 3.8) is 0 Å². The topological polar surface area (TPSA) is 50.2 Å². The summed E-state index contributed by atoms with van der Waals surface area (Å²) in [4.78, 5) is 16.7. The lowest BCUT2D eigenvalue weighted by molar-refractivity contribution is -0.139. The molecule has 0 saturated carbocycles. The van der Waals surface area contributed by atoms with Crippen molar-refractivity contribution in [1.82, 2.24) is 4.98 Å². The summed E-state index contributed by atoms with van der Waals surface area (Å²) in [6.07, 6.45) is 1.52. The molecule has 0 aliphatic carbocycles. The van der Waals surface area contributed by atoms with Gasteiger partial charge in [0.15, 0.2) is 23.3 Å². The molecule has 9 heteroatoms. The molecule has 3 nitrogen and oxygen atoms in total. The van der Waals surface area contributed by atoms with E-state index >= 15 is 0 Å². The molecule has 0 aliphatic heterocycles. The quantitative estimate of drug-likeness (QED) is 0.159. The van der Waals surface area contributed by atoms with Gasteiger partial charge in [0.2, 0.25) is 5.82 Å². The Hall–Kier alpha value is -3.72. The highest BCUT2D eigenvalue weighted by Crippen LogP contribution is 2.44. The fraction of sp³-hybridized carbons (Fsp3) is 0.111. The van der Waals surface area contributed by atoms with Crippen LogP contribution in [0.4, 0.5) is 22.0 Å². The Morgan fingerprint density at radius 1 is 0.806 bits per heavy atom. The molecule has 1 heterocycles. The molecule has 4 aromatic rings. The number of benzene rings is 3. The van der Waals surface area contributed by atoms with E-state index in [1.54, 1.807) is 6.07 Å². The zero-order valence-corrected chi connectivity index (χ0v) is 19.6. The molecule has 0 saturated heterocycles. The van der Waals surface area contributed by atoms with Crippen molar-refractivity contribution in [3.8, 4) is 22.4 Å². The number of nitrogens with zero attached hydrogens (tertiary/aromatic N) is 1. The van der Waals surface area contributed by atoms with Crippen LogP contribution in [0.3, 0.4) is 0 Å². The van der Waals surface area contributed by atoms with E-state index in [1.807, 2.05) is 60.7 Å². The number of hydrogen-bond donors (Lipinski definition) is 1. The molecule has 0 spiro atoms. The van der Waals surface area contributed by atoms with E-state index in [2.05, 4.69) is 4.98 Å².